The number of carbonyl (C=O) groups is 1. The van der Waals surface area contributed by atoms with Gasteiger partial charge in [0.15, 0.2) is 0 Å². The molecule has 0 radical (unpaired) electrons. The van der Waals surface area contributed by atoms with Crippen molar-refractivity contribution < 1.29 is 9.53 Å². The second kappa shape index (κ2) is 5.46. The van der Waals surface area contributed by atoms with E-state index >= 15 is 0 Å². The molecular formula is C9H18O2S. The molecular weight excluding hydrogens is 172 g/mol. The summed E-state index contributed by atoms with van der Waals surface area (Å²) in [7, 11) is 0. The first kappa shape index (κ1) is 11.8. The van der Waals surface area contributed by atoms with Crippen LogP contribution in [0.3, 0.4) is 0 Å². The Kier molecular flexibility index (Phi) is 5.38. The number of carbonyl (C=O) groups excluding carboxylic acids is 1. The summed E-state index contributed by atoms with van der Waals surface area (Å²) in [5, 5.41) is -0.320. The van der Waals surface area contributed by atoms with Crippen LogP contribution in [-0.4, -0.2) is 17.3 Å². The van der Waals surface area contributed by atoms with Gasteiger partial charge in [0.2, 0.25) is 0 Å². The fraction of sp³-hybridized carbons (Fsp3) is 0.889. The zero-order valence-electron chi connectivity index (χ0n) is 8.20. The van der Waals surface area contributed by atoms with Gasteiger partial charge >= 0.3 is 5.97 Å². The summed E-state index contributed by atoms with van der Waals surface area (Å²) in [6.07, 6.45) is 0.916. The zero-order chi connectivity index (χ0) is 9.72. The third kappa shape index (κ3) is 5.47. The highest BCUT2D eigenvalue weighted by atomic mass is 32.1. The molecule has 12 heavy (non-hydrogen) atoms. The van der Waals surface area contributed by atoms with E-state index in [4.69, 9.17) is 4.74 Å². The Morgan fingerprint density at radius 2 is 1.83 bits per heavy atom. The van der Waals surface area contributed by atoms with Crippen LogP contribution in [0.2, 0.25) is 0 Å². The van der Waals surface area contributed by atoms with Crippen LogP contribution in [0.25, 0.3) is 0 Å². The van der Waals surface area contributed by atoms with E-state index in [0.717, 1.165) is 6.42 Å². The summed E-state index contributed by atoms with van der Waals surface area (Å²) in [6, 6.07) is 0. The number of hydrogen-bond donors (Lipinski definition) is 1. The average molecular weight is 190 g/mol. The monoisotopic (exact) mass is 190 g/mol. The molecule has 2 nitrogen and oxygen atoms in total. The zero-order valence-corrected chi connectivity index (χ0v) is 9.10. The first-order valence-electron chi connectivity index (χ1n) is 4.32. The predicted molar refractivity (Wildman–Crippen MR) is 53.5 cm³/mol. The van der Waals surface area contributed by atoms with E-state index in [1.165, 1.54) is 0 Å². The second-order valence-electron chi connectivity index (χ2n) is 3.55. The van der Waals surface area contributed by atoms with E-state index < -0.39 is 0 Å². The van der Waals surface area contributed by atoms with E-state index in [-0.39, 0.29) is 17.3 Å². The molecule has 72 valence electrons. The third-order valence-electron chi connectivity index (χ3n) is 1.46. The second-order valence-corrected chi connectivity index (χ2v) is 4.33. The summed E-state index contributed by atoms with van der Waals surface area (Å²) in [6.45, 7) is 7.84. The summed E-state index contributed by atoms with van der Waals surface area (Å²) in [5.41, 5.74) is 0. The number of rotatable bonds is 4. The molecule has 0 saturated carbocycles. The van der Waals surface area contributed by atoms with Gasteiger partial charge in [-0.1, -0.05) is 13.8 Å². The largest absolute Gasteiger partial charge is 0.462 e. The highest BCUT2D eigenvalue weighted by Crippen LogP contribution is 2.09. The van der Waals surface area contributed by atoms with E-state index in [9.17, 15) is 4.79 Å². The molecule has 0 aliphatic rings. The van der Waals surface area contributed by atoms with E-state index in [0.29, 0.717) is 5.92 Å². The van der Waals surface area contributed by atoms with E-state index in [1.807, 2.05) is 6.92 Å². The van der Waals surface area contributed by atoms with Crippen LogP contribution in [-0.2, 0) is 9.53 Å². The maximum Gasteiger partial charge on any atom is 0.318 e. The smallest absolute Gasteiger partial charge is 0.318 e. The highest BCUT2D eigenvalue weighted by molar-refractivity contribution is 7.81. The Morgan fingerprint density at radius 3 is 2.17 bits per heavy atom. The topological polar surface area (TPSA) is 26.3 Å². The minimum Gasteiger partial charge on any atom is -0.462 e. The number of esters is 1. The Bertz CT molecular complexity index is 143. The van der Waals surface area contributed by atoms with Gasteiger partial charge in [0.25, 0.3) is 0 Å². The van der Waals surface area contributed by atoms with Gasteiger partial charge < -0.3 is 4.74 Å². The normalized spacial score (nSPS) is 15.8. The molecule has 0 N–H and O–H groups in total. The molecule has 3 heteroatoms. The summed E-state index contributed by atoms with van der Waals surface area (Å²) >= 11 is 3.98. The Labute approximate surface area is 80.1 Å². The minimum absolute atomic E-state index is 0.00657. The van der Waals surface area contributed by atoms with Crippen molar-refractivity contribution in [3.05, 3.63) is 0 Å². The van der Waals surface area contributed by atoms with Gasteiger partial charge in [-0.3, -0.25) is 4.79 Å². The summed E-state index contributed by atoms with van der Waals surface area (Å²) in [5.74, 6) is 0.328. The Hall–Kier alpha value is -0.180. The molecule has 2 atom stereocenters. The summed E-state index contributed by atoms with van der Waals surface area (Å²) < 4.78 is 5.11. The van der Waals surface area contributed by atoms with E-state index in [2.05, 4.69) is 26.5 Å². The predicted octanol–water partition coefficient (Wildman–Crippen LogP) is 2.28. The fourth-order valence-electron chi connectivity index (χ4n) is 1.01. The van der Waals surface area contributed by atoms with Crippen LogP contribution in [0.15, 0.2) is 0 Å². The third-order valence-corrected chi connectivity index (χ3v) is 1.67. The first-order valence-corrected chi connectivity index (χ1v) is 4.83. The van der Waals surface area contributed by atoms with Crippen LogP contribution in [0.5, 0.6) is 0 Å². The molecule has 0 aromatic heterocycles. The highest BCUT2D eigenvalue weighted by Gasteiger charge is 2.14. The molecule has 0 amide bonds. The van der Waals surface area contributed by atoms with Crippen molar-refractivity contribution in [3.8, 4) is 0 Å². The molecule has 0 aromatic carbocycles. The van der Waals surface area contributed by atoms with Gasteiger partial charge in [-0.2, -0.15) is 12.6 Å². The molecule has 0 heterocycles. The standard InChI is InChI=1S/C9H18O2S/c1-6(2)5-7(3)11-9(10)8(4)12/h6-8,12H,5H2,1-4H3. The molecule has 0 aromatic rings. The van der Waals surface area contributed by atoms with Gasteiger partial charge in [-0.05, 0) is 26.2 Å². The Morgan fingerprint density at radius 1 is 1.33 bits per heavy atom. The van der Waals surface area contributed by atoms with Crippen molar-refractivity contribution in [1.82, 2.24) is 0 Å². The lowest BCUT2D eigenvalue weighted by Gasteiger charge is -2.16. The fourth-order valence-corrected chi connectivity index (χ4v) is 1.07. The van der Waals surface area contributed by atoms with Crippen molar-refractivity contribution in [2.75, 3.05) is 0 Å². The van der Waals surface area contributed by atoms with Gasteiger partial charge in [-0.25, -0.2) is 0 Å². The van der Waals surface area contributed by atoms with Crippen LogP contribution in [0, 0.1) is 5.92 Å². The lowest BCUT2D eigenvalue weighted by atomic mass is 10.1. The number of thiol groups is 1. The Balaban J connectivity index is 3.69. The first-order chi connectivity index (χ1) is 5.43. The number of hydrogen-bond acceptors (Lipinski definition) is 3. The lowest BCUT2D eigenvalue weighted by molar-refractivity contribution is -0.147. The lowest BCUT2D eigenvalue weighted by Crippen LogP contribution is -2.22. The molecule has 0 aliphatic carbocycles. The van der Waals surface area contributed by atoms with Crippen molar-refractivity contribution >= 4 is 18.6 Å². The van der Waals surface area contributed by atoms with Crippen LogP contribution < -0.4 is 0 Å². The number of ether oxygens (including phenoxy) is 1. The molecule has 0 rings (SSSR count). The van der Waals surface area contributed by atoms with Gasteiger partial charge in [-0.15, -0.1) is 0 Å². The van der Waals surface area contributed by atoms with Crippen LogP contribution in [0.1, 0.15) is 34.1 Å². The maximum absolute atomic E-state index is 11.0. The minimum atomic E-state index is -0.320. The van der Waals surface area contributed by atoms with Crippen molar-refractivity contribution in [3.63, 3.8) is 0 Å². The van der Waals surface area contributed by atoms with Crippen LogP contribution in [0.4, 0.5) is 0 Å². The van der Waals surface area contributed by atoms with Gasteiger partial charge in [0, 0.05) is 0 Å². The van der Waals surface area contributed by atoms with Gasteiger partial charge in [0.1, 0.15) is 0 Å². The van der Waals surface area contributed by atoms with Crippen molar-refractivity contribution in [1.29, 1.82) is 0 Å². The van der Waals surface area contributed by atoms with Crippen molar-refractivity contribution in [2.45, 2.75) is 45.5 Å². The molecule has 2 unspecified atom stereocenters. The summed E-state index contributed by atoms with van der Waals surface area (Å²) in [4.78, 5) is 11.0. The molecule has 0 saturated heterocycles. The molecule has 0 aliphatic heterocycles. The van der Waals surface area contributed by atoms with Crippen molar-refractivity contribution in [2.24, 2.45) is 5.92 Å². The average Bonchev–Trinajstić information content (AvgIpc) is 1.84. The quantitative estimate of drug-likeness (QED) is 0.544. The maximum atomic E-state index is 11.0. The SMILES string of the molecule is CC(C)CC(C)OC(=O)C(C)S. The van der Waals surface area contributed by atoms with E-state index in [1.54, 1.807) is 6.92 Å². The molecule has 0 spiro atoms. The van der Waals surface area contributed by atoms with Crippen LogP contribution >= 0.6 is 12.6 Å². The van der Waals surface area contributed by atoms with Gasteiger partial charge in [0.05, 0.1) is 11.4 Å². The molecule has 0 fully saturated rings. The molecule has 0 bridgehead atoms.